The summed E-state index contributed by atoms with van der Waals surface area (Å²) in [4.78, 5) is 29.0. The van der Waals surface area contributed by atoms with Crippen LogP contribution in [0.1, 0.15) is 25.0 Å². The minimum absolute atomic E-state index is 0.00935. The number of amides is 2. The van der Waals surface area contributed by atoms with E-state index in [1.54, 1.807) is 30.3 Å². The van der Waals surface area contributed by atoms with E-state index in [1.807, 2.05) is 6.07 Å². The molecule has 0 saturated carbocycles. The first-order chi connectivity index (χ1) is 14.1. The quantitative estimate of drug-likeness (QED) is 0.473. The van der Waals surface area contributed by atoms with Gasteiger partial charge in [0.05, 0.1) is 12.8 Å². The second-order valence-electron chi connectivity index (χ2n) is 6.85. The molecule has 7 nitrogen and oxygen atoms in total. The number of hydrogen-bond acceptors (Lipinski definition) is 6. The molecule has 2 fully saturated rings. The standard InChI is InChI=1S/C21H21N3O4S/c1-27-17-8-4-3-7-16(17)24-20(26)15(19(25)22-21(24)29)13-14-9-10-18(28-14)23-11-5-2-6-12-23/h3-4,7-10,13H,2,5-6,11-12H2,1H3,(H,22,25,29)/b15-13+. The maximum atomic E-state index is 13.1. The van der Waals surface area contributed by atoms with Crippen LogP contribution < -0.4 is 19.9 Å². The highest BCUT2D eigenvalue weighted by Gasteiger charge is 2.36. The van der Waals surface area contributed by atoms with E-state index in [9.17, 15) is 9.59 Å². The second-order valence-corrected chi connectivity index (χ2v) is 7.24. The van der Waals surface area contributed by atoms with E-state index >= 15 is 0 Å². The molecule has 1 aromatic carbocycles. The van der Waals surface area contributed by atoms with E-state index < -0.39 is 11.8 Å². The number of anilines is 2. The Balaban J connectivity index is 1.64. The number of carbonyl (C=O) groups is 2. The summed E-state index contributed by atoms with van der Waals surface area (Å²) in [6, 6.07) is 10.6. The molecule has 8 heteroatoms. The normalized spacial score (nSPS) is 18.9. The molecule has 4 rings (SSSR count). The van der Waals surface area contributed by atoms with E-state index in [0.29, 0.717) is 17.2 Å². The molecule has 2 saturated heterocycles. The van der Waals surface area contributed by atoms with Crippen molar-refractivity contribution in [3.8, 4) is 5.75 Å². The van der Waals surface area contributed by atoms with Crippen LogP contribution >= 0.6 is 12.2 Å². The number of benzene rings is 1. The Morgan fingerprint density at radius 2 is 1.86 bits per heavy atom. The first-order valence-electron chi connectivity index (χ1n) is 9.48. The average molecular weight is 411 g/mol. The van der Waals surface area contributed by atoms with Crippen LogP contribution in [0, 0.1) is 0 Å². The van der Waals surface area contributed by atoms with Crippen LogP contribution in [0.4, 0.5) is 11.6 Å². The number of ether oxygens (including phenoxy) is 1. The minimum atomic E-state index is -0.554. The molecule has 1 N–H and O–H groups in total. The predicted molar refractivity (Wildman–Crippen MR) is 114 cm³/mol. The Kier molecular flexibility index (Phi) is 5.35. The topological polar surface area (TPSA) is 75.0 Å². The summed E-state index contributed by atoms with van der Waals surface area (Å²) < 4.78 is 11.2. The van der Waals surface area contributed by atoms with Crippen LogP contribution in [0.2, 0.25) is 0 Å². The van der Waals surface area contributed by atoms with Crippen LogP contribution in [0.15, 0.2) is 46.4 Å². The van der Waals surface area contributed by atoms with Crippen LogP contribution in [-0.2, 0) is 9.59 Å². The monoisotopic (exact) mass is 411 g/mol. The summed E-state index contributed by atoms with van der Waals surface area (Å²) in [6.07, 6.45) is 4.93. The van der Waals surface area contributed by atoms with Crippen LogP contribution in [-0.4, -0.2) is 37.1 Å². The minimum Gasteiger partial charge on any atom is -0.495 e. The smallest absolute Gasteiger partial charge is 0.270 e. The lowest BCUT2D eigenvalue weighted by atomic mass is 10.1. The van der Waals surface area contributed by atoms with Crippen molar-refractivity contribution in [1.82, 2.24) is 5.32 Å². The molecule has 150 valence electrons. The van der Waals surface area contributed by atoms with Crippen molar-refractivity contribution in [2.24, 2.45) is 0 Å². The Morgan fingerprint density at radius 1 is 1.10 bits per heavy atom. The third-order valence-corrected chi connectivity index (χ3v) is 5.28. The van der Waals surface area contributed by atoms with Gasteiger partial charge in [-0.2, -0.15) is 0 Å². The number of furan rings is 1. The van der Waals surface area contributed by atoms with Crippen molar-refractivity contribution >= 4 is 46.8 Å². The van der Waals surface area contributed by atoms with E-state index in [-0.39, 0.29) is 10.7 Å². The third-order valence-electron chi connectivity index (χ3n) is 4.99. The van der Waals surface area contributed by atoms with Gasteiger partial charge in [-0.25, -0.2) is 4.90 Å². The molecule has 2 amide bonds. The maximum absolute atomic E-state index is 13.1. The number of piperidine rings is 1. The number of para-hydroxylation sites is 2. The van der Waals surface area contributed by atoms with Gasteiger partial charge in [0.2, 0.25) is 0 Å². The highest BCUT2D eigenvalue weighted by molar-refractivity contribution is 7.80. The van der Waals surface area contributed by atoms with Crippen molar-refractivity contribution < 1.29 is 18.7 Å². The molecule has 0 aliphatic carbocycles. The van der Waals surface area contributed by atoms with Crippen molar-refractivity contribution in [2.45, 2.75) is 19.3 Å². The summed E-state index contributed by atoms with van der Waals surface area (Å²) in [6.45, 7) is 1.89. The summed E-state index contributed by atoms with van der Waals surface area (Å²) in [7, 11) is 1.51. The van der Waals surface area contributed by atoms with Crippen molar-refractivity contribution in [3.05, 3.63) is 47.7 Å². The van der Waals surface area contributed by atoms with Crippen LogP contribution in [0.5, 0.6) is 5.75 Å². The number of carbonyl (C=O) groups excluding carboxylic acids is 2. The molecule has 2 aromatic rings. The second kappa shape index (κ2) is 8.08. The fourth-order valence-corrected chi connectivity index (χ4v) is 3.81. The zero-order chi connectivity index (χ0) is 20.4. The number of thiocarbonyl (C=S) groups is 1. The number of methoxy groups -OCH3 is 1. The van der Waals surface area contributed by atoms with Crippen molar-refractivity contribution in [3.63, 3.8) is 0 Å². The summed E-state index contributed by atoms with van der Waals surface area (Å²) >= 11 is 5.24. The Morgan fingerprint density at radius 3 is 2.62 bits per heavy atom. The number of hydrogen-bond donors (Lipinski definition) is 1. The molecule has 29 heavy (non-hydrogen) atoms. The van der Waals surface area contributed by atoms with Gasteiger partial charge in [0.1, 0.15) is 17.1 Å². The van der Waals surface area contributed by atoms with Gasteiger partial charge in [0.25, 0.3) is 11.8 Å². The Labute approximate surface area is 173 Å². The van der Waals surface area contributed by atoms with Crippen LogP contribution in [0.3, 0.4) is 0 Å². The number of nitrogens with zero attached hydrogens (tertiary/aromatic N) is 2. The lowest BCUT2D eigenvalue weighted by Crippen LogP contribution is -2.54. The molecule has 0 atom stereocenters. The molecule has 2 aliphatic rings. The number of nitrogens with one attached hydrogen (secondary N) is 1. The highest BCUT2D eigenvalue weighted by Crippen LogP contribution is 2.31. The van der Waals surface area contributed by atoms with Gasteiger partial charge >= 0.3 is 0 Å². The first kappa shape index (κ1) is 19.2. The zero-order valence-corrected chi connectivity index (χ0v) is 16.8. The lowest BCUT2D eigenvalue weighted by Gasteiger charge is -2.29. The SMILES string of the molecule is COc1ccccc1N1C(=O)/C(=C/c2ccc(N3CCCCC3)o2)C(=O)NC1=S. The molecule has 3 heterocycles. The first-order valence-corrected chi connectivity index (χ1v) is 9.88. The number of rotatable bonds is 4. The van der Waals surface area contributed by atoms with Gasteiger partial charge in [-0.3, -0.25) is 14.9 Å². The zero-order valence-electron chi connectivity index (χ0n) is 16.0. The lowest BCUT2D eigenvalue weighted by molar-refractivity contribution is -0.122. The summed E-state index contributed by atoms with van der Waals surface area (Å²) in [5.74, 6) is 0.583. The average Bonchev–Trinajstić information content (AvgIpc) is 3.21. The molecule has 0 radical (unpaired) electrons. The fraction of sp³-hybridized carbons (Fsp3) is 0.286. The van der Waals surface area contributed by atoms with Gasteiger partial charge < -0.3 is 14.1 Å². The van der Waals surface area contributed by atoms with E-state index in [2.05, 4.69) is 10.2 Å². The molecule has 1 aromatic heterocycles. The summed E-state index contributed by atoms with van der Waals surface area (Å²) in [5, 5.41) is 2.58. The largest absolute Gasteiger partial charge is 0.495 e. The Hall–Kier alpha value is -3.13. The molecular formula is C21H21N3O4S. The molecule has 0 unspecified atom stereocenters. The molecule has 2 aliphatic heterocycles. The van der Waals surface area contributed by atoms with E-state index in [0.717, 1.165) is 31.8 Å². The highest BCUT2D eigenvalue weighted by atomic mass is 32.1. The van der Waals surface area contributed by atoms with Crippen LogP contribution in [0.25, 0.3) is 6.08 Å². The van der Waals surface area contributed by atoms with E-state index in [1.165, 1.54) is 24.5 Å². The molecule has 0 bridgehead atoms. The van der Waals surface area contributed by atoms with Crippen molar-refractivity contribution in [1.29, 1.82) is 0 Å². The van der Waals surface area contributed by atoms with Gasteiger partial charge in [0, 0.05) is 19.2 Å². The van der Waals surface area contributed by atoms with Gasteiger partial charge in [-0.1, -0.05) is 12.1 Å². The van der Waals surface area contributed by atoms with Gasteiger partial charge in [-0.15, -0.1) is 0 Å². The Bertz CT molecular complexity index is 991. The molecule has 0 spiro atoms. The fourth-order valence-electron chi connectivity index (χ4n) is 3.54. The van der Waals surface area contributed by atoms with Gasteiger partial charge in [0.15, 0.2) is 11.0 Å². The third kappa shape index (κ3) is 3.75. The maximum Gasteiger partial charge on any atom is 0.270 e. The molecular weight excluding hydrogens is 390 g/mol. The van der Waals surface area contributed by atoms with Gasteiger partial charge in [-0.05, 0) is 55.8 Å². The summed E-state index contributed by atoms with van der Waals surface area (Å²) in [5.41, 5.74) is 0.411. The van der Waals surface area contributed by atoms with Crippen molar-refractivity contribution in [2.75, 3.05) is 30.0 Å². The predicted octanol–water partition coefficient (Wildman–Crippen LogP) is 3.11. The van der Waals surface area contributed by atoms with E-state index in [4.69, 9.17) is 21.4 Å².